The van der Waals surface area contributed by atoms with Crippen LogP contribution in [-0.2, 0) is 0 Å². The van der Waals surface area contributed by atoms with Gasteiger partial charge in [-0.3, -0.25) is 4.79 Å². The molecular formula is C14H15BrN2OS. The maximum absolute atomic E-state index is 12.2. The van der Waals surface area contributed by atoms with Gasteiger partial charge in [-0.2, -0.15) is 0 Å². The summed E-state index contributed by atoms with van der Waals surface area (Å²) >= 11 is 4.96. The van der Waals surface area contributed by atoms with Crippen molar-refractivity contribution in [3.8, 4) is 0 Å². The average molecular weight is 339 g/mol. The number of thiophene rings is 1. The number of amides is 1. The van der Waals surface area contributed by atoms with Crippen molar-refractivity contribution in [1.82, 2.24) is 10.3 Å². The molecule has 2 aromatic rings. The largest absolute Gasteiger partial charge is 0.343 e. The predicted octanol–water partition coefficient (Wildman–Crippen LogP) is 4.03. The lowest BCUT2D eigenvalue weighted by molar-refractivity contribution is 0.0921. The van der Waals surface area contributed by atoms with Crippen LogP contribution in [0.2, 0.25) is 0 Å². The third kappa shape index (κ3) is 3.64. The van der Waals surface area contributed by atoms with Gasteiger partial charge in [0.05, 0.1) is 6.04 Å². The standard InChI is InChI=1S/C14H15BrN2OS/c1-9(2)13(12-4-3-7-19-12)17-14(18)11-6-5-10(15)8-16-11/h3-9,13H,1-2H3,(H,17,18). The molecule has 0 aliphatic carbocycles. The van der Waals surface area contributed by atoms with E-state index in [0.29, 0.717) is 11.6 Å². The van der Waals surface area contributed by atoms with E-state index in [1.165, 1.54) is 4.88 Å². The Morgan fingerprint density at radius 3 is 2.68 bits per heavy atom. The Bertz CT molecular complexity index is 537. The van der Waals surface area contributed by atoms with Crippen LogP contribution in [-0.4, -0.2) is 10.9 Å². The van der Waals surface area contributed by atoms with Gasteiger partial charge in [-0.1, -0.05) is 19.9 Å². The molecule has 0 aromatic carbocycles. The number of hydrogen-bond acceptors (Lipinski definition) is 3. The minimum Gasteiger partial charge on any atom is -0.343 e. The first-order valence-electron chi connectivity index (χ1n) is 6.03. The van der Waals surface area contributed by atoms with E-state index in [1.807, 2.05) is 23.6 Å². The van der Waals surface area contributed by atoms with Gasteiger partial charge in [-0.25, -0.2) is 4.98 Å². The topological polar surface area (TPSA) is 42.0 Å². The Morgan fingerprint density at radius 1 is 1.37 bits per heavy atom. The summed E-state index contributed by atoms with van der Waals surface area (Å²) in [6, 6.07) is 7.60. The number of carbonyl (C=O) groups is 1. The van der Waals surface area contributed by atoms with E-state index in [2.05, 4.69) is 40.1 Å². The van der Waals surface area contributed by atoms with Gasteiger partial charge in [-0.15, -0.1) is 11.3 Å². The zero-order valence-electron chi connectivity index (χ0n) is 10.8. The second kappa shape index (κ2) is 6.30. The molecule has 0 bridgehead atoms. The molecule has 2 aromatic heterocycles. The van der Waals surface area contributed by atoms with Crippen molar-refractivity contribution in [1.29, 1.82) is 0 Å². The van der Waals surface area contributed by atoms with E-state index in [0.717, 1.165) is 4.47 Å². The highest BCUT2D eigenvalue weighted by molar-refractivity contribution is 9.10. The molecule has 1 atom stereocenters. The first-order valence-corrected chi connectivity index (χ1v) is 7.71. The fourth-order valence-electron chi connectivity index (χ4n) is 1.76. The molecule has 2 rings (SSSR count). The highest BCUT2D eigenvalue weighted by Crippen LogP contribution is 2.26. The molecule has 0 fully saturated rings. The van der Waals surface area contributed by atoms with Gasteiger partial charge in [-0.05, 0) is 45.4 Å². The second-order valence-corrected chi connectivity index (χ2v) is 6.47. The van der Waals surface area contributed by atoms with Gasteiger partial charge in [0, 0.05) is 15.5 Å². The van der Waals surface area contributed by atoms with Crippen LogP contribution in [0.4, 0.5) is 0 Å². The summed E-state index contributed by atoms with van der Waals surface area (Å²) in [6.45, 7) is 4.19. The van der Waals surface area contributed by atoms with E-state index in [-0.39, 0.29) is 11.9 Å². The summed E-state index contributed by atoms with van der Waals surface area (Å²) in [5.74, 6) is 0.192. The first kappa shape index (κ1) is 14.2. The molecule has 2 heterocycles. The number of aromatic nitrogens is 1. The van der Waals surface area contributed by atoms with Gasteiger partial charge in [0.25, 0.3) is 5.91 Å². The van der Waals surface area contributed by atoms with E-state index >= 15 is 0 Å². The molecule has 0 aliphatic heterocycles. The monoisotopic (exact) mass is 338 g/mol. The Hall–Kier alpha value is -1.20. The highest BCUT2D eigenvalue weighted by atomic mass is 79.9. The molecule has 0 aliphatic rings. The summed E-state index contributed by atoms with van der Waals surface area (Å²) in [6.07, 6.45) is 1.63. The smallest absolute Gasteiger partial charge is 0.270 e. The Balaban J connectivity index is 2.14. The Morgan fingerprint density at radius 2 is 2.16 bits per heavy atom. The molecule has 0 saturated heterocycles. The lowest BCUT2D eigenvalue weighted by Gasteiger charge is -2.21. The fraction of sp³-hybridized carbons (Fsp3) is 0.286. The summed E-state index contributed by atoms with van der Waals surface area (Å²) in [5.41, 5.74) is 0.436. The number of rotatable bonds is 4. The lowest BCUT2D eigenvalue weighted by Crippen LogP contribution is -2.31. The normalized spacial score (nSPS) is 12.4. The molecule has 1 unspecified atom stereocenters. The van der Waals surface area contributed by atoms with Crippen molar-refractivity contribution in [2.75, 3.05) is 0 Å². The van der Waals surface area contributed by atoms with Crippen LogP contribution in [0.5, 0.6) is 0 Å². The number of pyridine rings is 1. The van der Waals surface area contributed by atoms with E-state index < -0.39 is 0 Å². The van der Waals surface area contributed by atoms with Crippen LogP contribution >= 0.6 is 27.3 Å². The number of halogens is 1. The molecule has 0 spiro atoms. The number of hydrogen-bond donors (Lipinski definition) is 1. The van der Waals surface area contributed by atoms with Crippen LogP contribution in [0.15, 0.2) is 40.3 Å². The van der Waals surface area contributed by atoms with Gasteiger partial charge < -0.3 is 5.32 Å². The minimum atomic E-state index is -0.139. The molecule has 3 nitrogen and oxygen atoms in total. The van der Waals surface area contributed by atoms with E-state index in [9.17, 15) is 4.79 Å². The molecule has 0 radical (unpaired) electrons. The van der Waals surface area contributed by atoms with Crippen molar-refractivity contribution >= 4 is 33.2 Å². The van der Waals surface area contributed by atoms with Gasteiger partial charge in [0.2, 0.25) is 0 Å². The molecule has 5 heteroatoms. The van der Waals surface area contributed by atoms with Gasteiger partial charge in [0.1, 0.15) is 5.69 Å². The highest BCUT2D eigenvalue weighted by Gasteiger charge is 2.20. The summed E-state index contributed by atoms with van der Waals surface area (Å²) in [7, 11) is 0. The van der Waals surface area contributed by atoms with E-state index in [4.69, 9.17) is 0 Å². The molecule has 1 amide bonds. The fourth-order valence-corrected chi connectivity index (χ4v) is 2.94. The Labute approximate surface area is 125 Å². The SMILES string of the molecule is CC(C)C(NC(=O)c1ccc(Br)cn1)c1cccs1. The van der Waals surface area contributed by atoms with Crippen molar-refractivity contribution in [2.24, 2.45) is 5.92 Å². The first-order chi connectivity index (χ1) is 9.08. The molecular weight excluding hydrogens is 324 g/mol. The van der Waals surface area contributed by atoms with Crippen LogP contribution in [0.25, 0.3) is 0 Å². The van der Waals surface area contributed by atoms with Crippen LogP contribution in [0.1, 0.15) is 35.3 Å². The van der Waals surface area contributed by atoms with Gasteiger partial charge >= 0.3 is 0 Å². The van der Waals surface area contributed by atoms with Gasteiger partial charge in [0.15, 0.2) is 0 Å². The summed E-state index contributed by atoms with van der Waals surface area (Å²) in [4.78, 5) is 17.5. The van der Waals surface area contributed by atoms with Crippen LogP contribution in [0.3, 0.4) is 0 Å². The number of nitrogens with zero attached hydrogens (tertiary/aromatic N) is 1. The van der Waals surface area contributed by atoms with Crippen LogP contribution in [0, 0.1) is 5.92 Å². The third-order valence-corrected chi connectivity index (χ3v) is 4.19. The Kier molecular flexibility index (Phi) is 4.71. The lowest BCUT2D eigenvalue weighted by atomic mass is 10.0. The summed E-state index contributed by atoms with van der Waals surface area (Å²) < 4.78 is 0.864. The number of nitrogens with one attached hydrogen (secondary N) is 1. The molecule has 1 N–H and O–H groups in total. The van der Waals surface area contributed by atoms with Crippen LogP contribution < -0.4 is 5.32 Å². The van der Waals surface area contributed by atoms with Crippen molar-refractivity contribution < 1.29 is 4.79 Å². The maximum Gasteiger partial charge on any atom is 0.270 e. The molecule has 100 valence electrons. The second-order valence-electron chi connectivity index (χ2n) is 4.57. The predicted molar refractivity (Wildman–Crippen MR) is 81.3 cm³/mol. The quantitative estimate of drug-likeness (QED) is 0.914. The maximum atomic E-state index is 12.2. The zero-order valence-corrected chi connectivity index (χ0v) is 13.2. The average Bonchev–Trinajstić information content (AvgIpc) is 2.89. The minimum absolute atomic E-state index is 0.0259. The van der Waals surface area contributed by atoms with E-state index in [1.54, 1.807) is 23.6 Å². The number of carbonyl (C=O) groups excluding carboxylic acids is 1. The zero-order chi connectivity index (χ0) is 13.8. The van der Waals surface area contributed by atoms with Crippen molar-refractivity contribution in [2.45, 2.75) is 19.9 Å². The third-order valence-electron chi connectivity index (χ3n) is 2.76. The molecule has 19 heavy (non-hydrogen) atoms. The van der Waals surface area contributed by atoms with Crippen molar-refractivity contribution in [3.05, 3.63) is 50.9 Å². The molecule has 0 saturated carbocycles. The summed E-state index contributed by atoms with van der Waals surface area (Å²) in [5, 5.41) is 5.07. The van der Waals surface area contributed by atoms with Crippen molar-refractivity contribution in [3.63, 3.8) is 0 Å².